The van der Waals surface area contributed by atoms with Gasteiger partial charge in [0.1, 0.15) is 17.0 Å². The largest absolute Gasteiger partial charge is 0.497 e. The summed E-state index contributed by atoms with van der Waals surface area (Å²) in [6.07, 6.45) is 7.97. The number of benzene rings is 1. The van der Waals surface area contributed by atoms with E-state index in [4.69, 9.17) is 14.5 Å². The molecule has 1 N–H and O–H groups in total. The molecule has 2 bridgehead atoms. The van der Waals surface area contributed by atoms with Crippen LogP contribution in [-0.2, 0) is 12.0 Å². The zero-order valence-electron chi connectivity index (χ0n) is 17.3. The van der Waals surface area contributed by atoms with E-state index in [0.29, 0.717) is 5.75 Å². The third-order valence-corrected chi connectivity index (χ3v) is 5.94. The lowest BCUT2D eigenvalue weighted by Crippen LogP contribution is -2.40. The number of H-pyrrole nitrogens is 1. The summed E-state index contributed by atoms with van der Waals surface area (Å²) in [6.45, 7) is 4.24. The predicted octanol–water partition coefficient (Wildman–Crippen LogP) is 4.18. The molecule has 2 aliphatic rings. The van der Waals surface area contributed by atoms with Gasteiger partial charge in [-0.25, -0.2) is 0 Å². The van der Waals surface area contributed by atoms with Gasteiger partial charge < -0.3 is 14.5 Å². The fraction of sp³-hybridized carbons (Fsp3) is 0.333. The van der Waals surface area contributed by atoms with Crippen molar-refractivity contribution in [2.75, 3.05) is 14.2 Å². The summed E-state index contributed by atoms with van der Waals surface area (Å²) in [4.78, 5) is 20.2. The molecule has 1 aromatic carbocycles. The second-order valence-corrected chi connectivity index (χ2v) is 7.69. The van der Waals surface area contributed by atoms with Crippen molar-refractivity contribution in [1.29, 1.82) is 0 Å². The molecule has 5 heteroatoms. The summed E-state index contributed by atoms with van der Waals surface area (Å²) < 4.78 is 10.8. The standard InChI is InChI=1S/C24H26N2O3/c1-5-19-17-10-15(2)13-24(19,20-8-9-23(27)26-21(20)11-17)25-14-16-6-7-18(28-3)12-22(16)29-4/h5-10,12,14,17H,11,13H2,1-4H3,(H,26,27)/b19-5+,25-14?/t17-,24+/m0/s1. The van der Waals surface area contributed by atoms with Gasteiger partial charge in [0.15, 0.2) is 0 Å². The van der Waals surface area contributed by atoms with Gasteiger partial charge in [0.25, 0.3) is 0 Å². The summed E-state index contributed by atoms with van der Waals surface area (Å²) in [6, 6.07) is 9.25. The van der Waals surface area contributed by atoms with Crippen LogP contribution >= 0.6 is 0 Å². The van der Waals surface area contributed by atoms with Crippen LogP contribution in [0.1, 0.15) is 37.1 Å². The SMILES string of the molecule is C/C=C1\[C@H]2C=C(C)C[C@]1(N=Cc1ccc(OC)cc1OC)c1ccc(=O)[nH]c1C2. The van der Waals surface area contributed by atoms with Crippen LogP contribution < -0.4 is 15.0 Å². The smallest absolute Gasteiger partial charge is 0.248 e. The molecule has 0 fully saturated rings. The third-order valence-electron chi connectivity index (χ3n) is 5.94. The monoisotopic (exact) mass is 390 g/mol. The Morgan fingerprint density at radius 2 is 2.03 bits per heavy atom. The minimum absolute atomic E-state index is 0.0672. The Labute approximate surface area is 170 Å². The van der Waals surface area contributed by atoms with Gasteiger partial charge in [0.05, 0.1) is 14.2 Å². The van der Waals surface area contributed by atoms with Gasteiger partial charge in [-0.05, 0) is 44.0 Å². The Morgan fingerprint density at radius 1 is 1.21 bits per heavy atom. The van der Waals surface area contributed by atoms with Crippen LogP contribution in [0.5, 0.6) is 11.5 Å². The van der Waals surface area contributed by atoms with Crippen molar-refractivity contribution in [2.24, 2.45) is 10.9 Å². The Hall–Kier alpha value is -3.08. The van der Waals surface area contributed by atoms with E-state index in [2.05, 4.69) is 31.0 Å². The fourth-order valence-electron chi connectivity index (χ4n) is 4.76. The maximum Gasteiger partial charge on any atom is 0.248 e. The lowest BCUT2D eigenvalue weighted by Gasteiger charge is -2.45. The molecule has 150 valence electrons. The zero-order chi connectivity index (χ0) is 20.6. The first-order valence-electron chi connectivity index (χ1n) is 9.84. The second kappa shape index (κ2) is 7.39. The van der Waals surface area contributed by atoms with Crippen molar-refractivity contribution >= 4 is 6.21 Å². The molecular formula is C24H26N2O3. The molecule has 0 saturated heterocycles. The number of aliphatic imine (C=N–C) groups is 1. The number of aromatic amines is 1. The number of rotatable bonds is 4. The normalized spacial score (nSPS) is 24.3. The molecule has 2 atom stereocenters. The molecule has 2 aromatic rings. The topological polar surface area (TPSA) is 63.7 Å². The Morgan fingerprint density at radius 3 is 2.76 bits per heavy atom. The van der Waals surface area contributed by atoms with Crippen molar-refractivity contribution in [2.45, 2.75) is 32.2 Å². The number of hydrogen-bond donors (Lipinski definition) is 1. The quantitative estimate of drug-likeness (QED) is 0.629. The van der Waals surface area contributed by atoms with Crippen molar-refractivity contribution in [3.05, 3.63) is 80.8 Å². The Kier molecular flexibility index (Phi) is 4.91. The van der Waals surface area contributed by atoms with Crippen LogP contribution in [0.15, 0.2) is 63.4 Å². The van der Waals surface area contributed by atoms with Gasteiger partial charge in [-0.15, -0.1) is 0 Å². The van der Waals surface area contributed by atoms with Gasteiger partial charge in [0.2, 0.25) is 5.56 Å². The number of fused-ring (bicyclic) bond motifs is 4. The van der Waals surface area contributed by atoms with E-state index < -0.39 is 5.54 Å². The first-order chi connectivity index (χ1) is 14.0. The lowest BCUT2D eigenvalue weighted by molar-refractivity contribution is 0.393. The van der Waals surface area contributed by atoms with Crippen molar-refractivity contribution in [1.82, 2.24) is 4.98 Å². The minimum Gasteiger partial charge on any atom is -0.497 e. The van der Waals surface area contributed by atoms with Crippen LogP contribution in [0, 0.1) is 5.92 Å². The third kappa shape index (κ3) is 3.20. The van der Waals surface area contributed by atoms with E-state index in [1.807, 2.05) is 30.5 Å². The molecule has 0 saturated carbocycles. The van der Waals surface area contributed by atoms with Crippen LogP contribution in [0.4, 0.5) is 0 Å². The maximum absolute atomic E-state index is 12.0. The summed E-state index contributed by atoms with van der Waals surface area (Å²) in [5.41, 5.74) is 4.97. The van der Waals surface area contributed by atoms with Gasteiger partial charge >= 0.3 is 0 Å². The van der Waals surface area contributed by atoms with Gasteiger partial charge in [-0.2, -0.15) is 0 Å². The predicted molar refractivity (Wildman–Crippen MR) is 115 cm³/mol. The van der Waals surface area contributed by atoms with Crippen molar-refractivity contribution in [3.8, 4) is 11.5 Å². The first kappa shape index (κ1) is 19.2. The molecule has 4 rings (SSSR count). The number of allylic oxidation sites excluding steroid dienone is 2. The molecule has 0 amide bonds. The fourth-order valence-corrected chi connectivity index (χ4v) is 4.76. The molecule has 0 unspecified atom stereocenters. The summed E-state index contributed by atoms with van der Waals surface area (Å²) in [7, 11) is 3.28. The van der Waals surface area contributed by atoms with E-state index in [0.717, 1.165) is 35.4 Å². The zero-order valence-corrected chi connectivity index (χ0v) is 17.3. The Balaban J connectivity index is 1.89. The van der Waals surface area contributed by atoms with Gasteiger partial charge in [0, 0.05) is 47.5 Å². The number of pyridine rings is 1. The number of methoxy groups -OCH3 is 2. The maximum atomic E-state index is 12.0. The lowest BCUT2D eigenvalue weighted by atomic mass is 9.63. The second-order valence-electron chi connectivity index (χ2n) is 7.69. The van der Waals surface area contributed by atoms with E-state index in [9.17, 15) is 4.79 Å². The Bertz CT molecular complexity index is 1090. The molecule has 0 spiro atoms. The van der Waals surface area contributed by atoms with Crippen molar-refractivity contribution in [3.63, 3.8) is 0 Å². The summed E-state index contributed by atoms with van der Waals surface area (Å²) in [5.74, 6) is 1.70. The highest BCUT2D eigenvalue weighted by molar-refractivity contribution is 5.85. The first-order valence-corrected chi connectivity index (χ1v) is 9.84. The van der Waals surface area contributed by atoms with Crippen molar-refractivity contribution < 1.29 is 9.47 Å². The highest BCUT2D eigenvalue weighted by Crippen LogP contribution is 2.51. The average molecular weight is 390 g/mol. The molecule has 5 nitrogen and oxygen atoms in total. The van der Waals surface area contributed by atoms with E-state index >= 15 is 0 Å². The van der Waals surface area contributed by atoms with E-state index in [1.54, 1.807) is 20.3 Å². The van der Waals surface area contributed by atoms with Crippen LogP contribution in [0.2, 0.25) is 0 Å². The summed E-state index contributed by atoms with van der Waals surface area (Å²) >= 11 is 0. The van der Waals surface area contributed by atoms with Crippen LogP contribution in [0.3, 0.4) is 0 Å². The van der Waals surface area contributed by atoms with Crippen LogP contribution in [0.25, 0.3) is 0 Å². The molecule has 0 aliphatic heterocycles. The number of aromatic nitrogens is 1. The van der Waals surface area contributed by atoms with Gasteiger partial charge in [-0.3, -0.25) is 9.79 Å². The number of ether oxygens (including phenoxy) is 2. The molecule has 1 aromatic heterocycles. The number of hydrogen-bond acceptors (Lipinski definition) is 4. The molecule has 29 heavy (non-hydrogen) atoms. The molecular weight excluding hydrogens is 364 g/mol. The molecule has 2 aliphatic carbocycles. The summed E-state index contributed by atoms with van der Waals surface area (Å²) in [5, 5.41) is 0. The molecule has 1 heterocycles. The number of nitrogens with zero attached hydrogens (tertiary/aromatic N) is 1. The van der Waals surface area contributed by atoms with Crippen LogP contribution in [-0.4, -0.2) is 25.4 Å². The van der Waals surface area contributed by atoms with Gasteiger partial charge in [-0.1, -0.05) is 17.7 Å². The number of nitrogens with one attached hydrogen (secondary N) is 1. The van der Waals surface area contributed by atoms with E-state index in [-0.39, 0.29) is 11.5 Å². The highest BCUT2D eigenvalue weighted by atomic mass is 16.5. The van der Waals surface area contributed by atoms with E-state index in [1.165, 1.54) is 11.1 Å². The molecule has 0 radical (unpaired) electrons. The minimum atomic E-state index is -0.513. The highest BCUT2D eigenvalue weighted by Gasteiger charge is 2.46. The average Bonchev–Trinajstić information content (AvgIpc) is 2.71.